The highest BCUT2D eigenvalue weighted by Gasteiger charge is 2.20. The Hall–Kier alpha value is -0.790. The quantitative estimate of drug-likeness (QED) is 0.580. The zero-order valence-corrected chi connectivity index (χ0v) is 6.10. The van der Waals surface area contributed by atoms with E-state index in [-0.39, 0.29) is 5.91 Å². The van der Waals surface area contributed by atoms with E-state index in [0.717, 1.165) is 18.9 Å². The van der Waals surface area contributed by atoms with Gasteiger partial charge in [-0.1, -0.05) is 19.4 Å². The summed E-state index contributed by atoms with van der Waals surface area (Å²) in [6.45, 7) is 4.18. The monoisotopic (exact) mass is 139 g/mol. The Morgan fingerprint density at radius 2 is 2.40 bits per heavy atom. The minimum Gasteiger partial charge on any atom is -0.353 e. The normalized spacial score (nSPS) is 16.4. The Morgan fingerprint density at radius 3 is 2.90 bits per heavy atom. The lowest BCUT2D eigenvalue weighted by atomic mass is 10.3. The Bertz CT molecular complexity index is 138. The van der Waals surface area contributed by atoms with Crippen LogP contribution in [0.15, 0.2) is 12.7 Å². The molecule has 1 amide bonds. The van der Waals surface area contributed by atoms with Gasteiger partial charge in [0.25, 0.3) is 0 Å². The van der Waals surface area contributed by atoms with Crippen LogP contribution in [0.4, 0.5) is 0 Å². The molecular formula is C8H13NO. The Kier molecular flexibility index (Phi) is 2.49. The van der Waals surface area contributed by atoms with Gasteiger partial charge in [-0.3, -0.25) is 4.79 Å². The highest BCUT2D eigenvalue weighted by atomic mass is 16.1. The van der Waals surface area contributed by atoms with Gasteiger partial charge in [0.2, 0.25) is 5.91 Å². The molecule has 1 aliphatic rings. The van der Waals surface area contributed by atoms with Crippen LogP contribution in [0, 0.1) is 5.92 Å². The van der Waals surface area contributed by atoms with E-state index in [1.54, 1.807) is 0 Å². The SMILES string of the molecule is C=CC(=O)NCCC1CC1. The topological polar surface area (TPSA) is 29.1 Å². The maximum atomic E-state index is 10.6. The molecule has 1 fully saturated rings. The first-order valence-corrected chi connectivity index (χ1v) is 3.73. The summed E-state index contributed by atoms with van der Waals surface area (Å²) in [5, 5.41) is 2.75. The van der Waals surface area contributed by atoms with Crippen LogP contribution in [0.5, 0.6) is 0 Å². The molecule has 1 N–H and O–H groups in total. The summed E-state index contributed by atoms with van der Waals surface area (Å²) in [5.74, 6) is 0.839. The van der Waals surface area contributed by atoms with Crippen LogP contribution in [0.3, 0.4) is 0 Å². The van der Waals surface area contributed by atoms with Crippen LogP contribution in [-0.2, 0) is 4.79 Å². The third-order valence-electron chi connectivity index (χ3n) is 1.73. The van der Waals surface area contributed by atoms with Crippen molar-refractivity contribution in [3.05, 3.63) is 12.7 Å². The first-order chi connectivity index (χ1) is 4.83. The summed E-state index contributed by atoms with van der Waals surface area (Å²) < 4.78 is 0. The largest absolute Gasteiger partial charge is 0.353 e. The number of hydrogen-bond donors (Lipinski definition) is 1. The van der Waals surface area contributed by atoms with Gasteiger partial charge in [0, 0.05) is 6.54 Å². The van der Waals surface area contributed by atoms with Gasteiger partial charge in [0.1, 0.15) is 0 Å². The molecular weight excluding hydrogens is 126 g/mol. The minimum atomic E-state index is -0.0550. The highest BCUT2D eigenvalue weighted by Crippen LogP contribution is 2.31. The fourth-order valence-corrected chi connectivity index (χ4v) is 0.878. The van der Waals surface area contributed by atoms with Crippen LogP contribution >= 0.6 is 0 Å². The van der Waals surface area contributed by atoms with Gasteiger partial charge in [-0.2, -0.15) is 0 Å². The van der Waals surface area contributed by atoms with E-state index in [2.05, 4.69) is 11.9 Å². The highest BCUT2D eigenvalue weighted by molar-refractivity contribution is 5.86. The molecule has 0 bridgehead atoms. The third kappa shape index (κ3) is 2.67. The molecule has 0 atom stereocenters. The number of nitrogens with one attached hydrogen (secondary N) is 1. The van der Waals surface area contributed by atoms with Crippen molar-refractivity contribution < 1.29 is 4.79 Å². The van der Waals surface area contributed by atoms with Crippen LogP contribution in [-0.4, -0.2) is 12.5 Å². The first kappa shape index (κ1) is 7.32. The van der Waals surface area contributed by atoms with Crippen LogP contribution in [0.1, 0.15) is 19.3 Å². The van der Waals surface area contributed by atoms with E-state index >= 15 is 0 Å². The average Bonchev–Trinajstić information content (AvgIpc) is 2.71. The van der Waals surface area contributed by atoms with Gasteiger partial charge >= 0.3 is 0 Å². The molecule has 0 aromatic carbocycles. The smallest absolute Gasteiger partial charge is 0.243 e. The van der Waals surface area contributed by atoms with Crippen molar-refractivity contribution in [3.8, 4) is 0 Å². The second kappa shape index (κ2) is 3.40. The number of rotatable bonds is 4. The van der Waals surface area contributed by atoms with Crippen molar-refractivity contribution in [1.82, 2.24) is 5.32 Å². The average molecular weight is 139 g/mol. The molecule has 0 saturated heterocycles. The Morgan fingerprint density at radius 1 is 1.70 bits per heavy atom. The zero-order valence-electron chi connectivity index (χ0n) is 6.10. The Balaban J connectivity index is 1.93. The lowest BCUT2D eigenvalue weighted by Gasteiger charge is -1.98. The summed E-state index contributed by atoms with van der Waals surface area (Å²) in [4.78, 5) is 10.6. The maximum Gasteiger partial charge on any atom is 0.243 e. The Labute approximate surface area is 61.3 Å². The van der Waals surface area contributed by atoms with E-state index in [4.69, 9.17) is 0 Å². The van der Waals surface area contributed by atoms with Gasteiger partial charge < -0.3 is 5.32 Å². The molecule has 1 aliphatic carbocycles. The first-order valence-electron chi connectivity index (χ1n) is 3.73. The van der Waals surface area contributed by atoms with Gasteiger partial charge in [0.05, 0.1) is 0 Å². The van der Waals surface area contributed by atoms with Crippen LogP contribution < -0.4 is 5.32 Å². The van der Waals surface area contributed by atoms with Gasteiger partial charge in [-0.25, -0.2) is 0 Å². The van der Waals surface area contributed by atoms with Crippen molar-refractivity contribution in [1.29, 1.82) is 0 Å². The van der Waals surface area contributed by atoms with Crippen molar-refractivity contribution in [2.24, 2.45) is 5.92 Å². The molecule has 0 radical (unpaired) electrons. The summed E-state index contributed by atoms with van der Waals surface area (Å²) >= 11 is 0. The summed E-state index contributed by atoms with van der Waals surface area (Å²) in [6, 6.07) is 0. The lowest BCUT2D eigenvalue weighted by Crippen LogP contribution is -2.22. The molecule has 0 heterocycles. The number of amides is 1. The van der Waals surface area contributed by atoms with E-state index < -0.39 is 0 Å². The van der Waals surface area contributed by atoms with Crippen molar-refractivity contribution in [2.75, 3.05) is 6.54 Å². The fraction of sp³-hybridized carbons (Fsp3) is 0.625. The predicted molar refractivity (Wildman–Crippen MR) is 40.5 cm³/mol. The third-order valence-corrected chi connectivity index (χ3v) is 1.73. The number of carbonyl (C=O) groups excluding carboxylic acids is 1. The zero-order chi connectivity index (χ0) is 7.40. The number of carbonyl (C=O) groups is 1. The molecule has 56 valence electrons. The molecule has 0 unspecified atom stereocenters. The van der Waals surface area contributed by atoms with Crippen molar-refractivity contribution >= 4 is 5.91 Å². The minimum absolute atomic E-state index is 0.0550. The van der Waals surface area contributed by atoms with Crippen molar-refractivity contribution in [2.45, 2.75) is 19.3 Å². The standard InChI is InChI=1S/C8H13NO/c1-2-8(10)9-6-5-7-3-4-7/h2,7H,1,3-6H2,(H,9,10). The second-order valence-electron chi connectivity index (χ2n) is 2.73. The molecule has 0 aliphatic heterocycles. The van der Waals surface area contributed by atoms with Gasteiger partial charge in [-0.05, 0) is 18.4 Å². The van der Waals surface area contributed by atoms with E-state index in [1.807, 2.05) is 0 Å². The maximum absolute atomic E-state index is 10.6. The van der Waals surface area contributed by atoms with Crippen LogP contribution in [0.25, 0.3) is 0 Å². The van der Waals surface area contributed by atoms with Gasteiger partial charge in [0.15, 0.2) is 0 Å². The summed E-state index contributed by atoms with van der Waals surface area (Å²) in [5.41, 5.74) is 0. The molecule has 10 heavy (non-hydrogen) atoms. The van der Waals surface area contributed by atoms with Crippen LogP contribution in [0.2, 0.25) is 0 Å². The van der Waals surface area contributed by atoms with E-state index in [1.165, 1.54) is 18.9 Å². The molecule has 2 nitrogen and oxygen atoms in total. The fourth-order valence-electron chi connectivity index (χ4n) is 0.878. The lowest BCUT2D eigenvalue weighted by molar-refractivity contribution is -0.116. The molecule has 1 saturated carbocycles. The van der Waals surface area contributed by atoms with E-state index in [9.17, 15) is 4.79 Å². The summed E-state index contributed by atoms with van der Waals surface area (Å²) in [6.07, 6.45) is 5.15. The summed E-state index contributed by atoms with van der Waals surface area (Å²) in [7, 11) is 0. The molecule has 0 aromatic rings. The van der Waals surface area contributed by atoms with Crippen molar-refractivity contribution in [3.63, 3.8) is 0 Å². The van der Waals surface area contributed by atoms with E-state index in [0.29, 0.717) is 0 Å². The predicted octanol–water partition coefficient (Wildman–Crippen LogP) is 1.09. The molecule has 0 aromatic heterocycles. The number of hydrogen-bond acceptors (Lipinski definition) is 1. The van der Waals surface area contributed by atoms with Gasteiger partial charge in [-0.15, -0.1) is 0 Å². The molecule has 0 spiro atoms. The molecule has 1 rings (SSSR count). The molecule has 2 heteroatoms. The second-order valence-corrected chi connectivity index (χ2v) is 2.73.